The van der Waals surface area contributed by atoms with Crippen LogP contribution in [0.1, 0.15) is 11.1 Å². The molecule has 2 aromatic carbocycles. The number of aryl methyl sites for hydroxylation is 1. The number of carbonyl (C=O) groups is 1. The Morgan fingerprint density at radius 2 is 2.05 bits per heavy atom. The highest BCUT2D eigenvalue weighted by Crippen LogP contribution is 2.16. The molecule has 0 aliphatic heterocycles. The summed E-state index contributed by atoms with van der Waals surface area (Å²) >= 11 is 5.83. The fourth-order valence-electron chi connectivity index (χ4n) is 1.62. The number of ether oxygens (including phenoxy) is 1. The van der Waals surface area contributed by atoms with Crippen molar-refractivity contribution in [1.29, 1.82) is 0 Å². The average Bonchev–Trinajstić information content (AvgIpc) is 2.50. The minimum absolute atomic E-state index is 0.115. The van der Waals surface area contributed by atoms with Gasteiger partial charge in [-0.15, -0.1) is 0 Å². The predicted octanol–water partition coefficient (Wildman–Crippen LogP) is 3.32. The molecular weight excluding hydrogens is 307 g/mol. The van der Waals surface area contributed by atoms with Gasteiger partial charge in [0, 0.05) is 5.56 Å². The summed E-state index contributed by atoms with van der Waals surface area (Å²) in [7, 11) is 0. The van der Waals surface area contributed by atoms with Crippen LogP contribution in [0, 0.1) is 12.7 Å². The fourth-order valence-corrected chi connectivity index (χ4v) is 1.83. The van der Waals surface area contributed by atoms with E-state index in [9.17, 15) is 9.18 Å². The molecule has 0 radical (unpaired) electrons. The summed E-state index contributed by atoms with van der Waals surface area (Å²) < 4.78 is 18.8. The van der Waals surface area contributed by atoms with Gasteiger partial charge in [-0.25, -0.2) is 9.82 Å². The van der Waals surface area contributed by atoms with Gasteiger partial charge in [0.2, 0.25) is 0 Å². The van der Waals surface area contributed by atoms with Gasteiger partial charge in [-0.05, 0) is 31.2 Å². The van der Waals surface area contributed by atoms with Crippen LogP contribution in [0.4, 0.5) is 4.39 Å². The van der Waals surface area contributed by atoms with Crippen LogP contribution in [-0.4, -0.2) is 18.7 Å². The van der Waals surface area contributed by atoms with Crippen LogP contribution in [0.3, 0.4) is 0 Å². The van der Waals surface area contributed by atoms with Gasteiger partial charge in [-0.1, -0.05) is 35.4 Å². The van der Waals surface area contributed by atoms with Crippen molar-refractivity contribution in [2.75, 3.05) is 6.61 Å². The second-order valence-electron chi connectivity index (χ2n) is 4.53. The van der Waals surface area contributed by atoms with Crippen LogP contribution in [0.25, 0.3) is 0 Å². The zero-order valence-electron chi connectivity index (χ0n) is 11.8. The van der Waals surface area contributed by atoms with E-state index >= 15 is 0 Å². The van der Waals surface area contributed by atoms with E-state index in [-0.39, 0.29) is 17.2 Å². The van der Waals surface area contributed by atoms with E-state index < -0.39 is 11.7 Å². The number of nitrogens with zero attached hydrogens (tertiary/aromatic N) is 1. The molecule has 0 aliphatic rings. The van der Waals surface area contributed by atoms with E-state index in [1.54, 1.807) is 12.1 Å². The number of hydrogen-bond donors (Lipinski definition) is 1. The van der Waals surface area contributed by atoms with Crippen LogP contribution in [-0.2, 0) is 4.79 Å². The first kappa shape index (κ1) is 16.0. The lowest BCUT2D eigenvalue weighted by atomic mass is 10.2. The minimum Gasteiger partial charge on any atom is -0.484 e. The predicted molar refractivity (Wildman–Crippen MR) is 83.8 cm³/mol. The van der Waals surface area contributed by atoms with E-state index in [0.717, 1.165) is 11.8 Å². The van der Waals surface area contributed by atoms with Gasteiger partial charge in [0.25, 0.3) is 5.91 Å². The molecule has 0 aromatic heterocycles. The van der Waals surface area contributed by atoms with Gasteiger partial charge < -0.3 is 4.74 Å². The normalized spacial score (nSPS) is 10.7. The Labute approximate surface area is 132 Å². The van der Waals surface area contributed by atoms with E-state index in [1.807, 2.05) is 19.1 Å². The molecule has 0 saturated heterocycles. The van der Waals surface area contributed by atoms with Crippen molar-refractivity contribution < 1.29 is 13.9 Å². The highest BCUT2D eigenvalue weighted by Gasteiger charge is 2.04. The maximum Gasteiger partial charge on any atom is 0.277 e. The van der Waals surface area contributed by atoms with Gasteiger partial charge in [-0.3, -0.25) is 4.79 Å². The average molecular weight is 321 g/mol. The second-order valence-corrected chi connectivity index (χ2v) is 4.94. The molecule has 0 saturated carbocycles. The summed E-state index contributed by atoms with van der Waals surface area (Å²) in [6.45, 7) is 1.77. The molecule has 4 nitrogen and oxygen atoms in total. The molecule has 0 fully saturated rings. The molecule has 1 amide bonds. The van der Waals surface area contributed by atoms with E-state index in [2.05, 4.69) is 10.5 Å². The summed E-state index contributed by atoms with van der Waals surface area (Å²) in [6.07, 6.45) is 1.15. The van der Waals surface area contributed by atoms with Crippen molar-refractivity contribution in [2.45, 2.75) is 6.92 Å². The molecule has 0 bridgehead atoms. The van der Waals surface area contributed by atoms with Gasteiger partial charge in [0.15, 0.2) is 6.61 Å². The Hall–Kier alpha value is -2.40. The minimum atomic E-state index is -0.513. The summed E-state index contributed by atoms with van der Waals surface area (Å²) in [6, 6.07) is 11.6. The Bertz CT molecular complexity index is 667. The molecule has 2 aromatic rings. The largest absolute Gasteiger partial charge is 0.484 e. The molecule has 0 aliphatic carbocycles. The standard InChI is InChI=1S/C16H14ClFN2O2/c1-11-5-7-12(8-6-11)22-10-16(21)20-19-9-13-14(17)3-2-4-15(13)18/h2-9H,10H2,1H3,(H,20,21). The first-order chi connectivity index (χ1) is 10.6. The zero-order valence-corrected chi connectivity index (χ0v) is 12.6. The van der Waals surface area contributed by atoms with E-state index in [4.69, 9.17) is 16.3 Å². The van der Waals surface area contributed by atoms with Gasteiger partial charge in [0.1, 0.15) is 11.6 Å². The third-order valence-corrected chi connectivity index (χ3v) is 3.10. The second kappa shape index (κ2) is 7.56. The summed E-state index contributed by atoms with van der Waals surface area (Å²) in [5.41, 5.74) is 3.46. The highest BCUT2D eigenvalue weighted by atomic mass is 35.5. The molecule has 0 heterocycles. The lowest BCUT2D eigenvalue weighted by Gasteiger charge is -2.05. The maximum atomic E-state index is 13.5. The fraction of sp³-hybridized carbons (Fsp3) is 0.125. The number of hydrazone groups is 1. The zero-order chi connectivity index (χ0) is 15.9. The van der Waals surface area contributed by atoms with E-state index in [0.29, 0.717) is 5.75 Å². The number of amides is 1. The van der Waals surface area contributed by atoms with Gasteiger partial charge in [-0.2, -0.15) is 5.10 Å². The van der Waals surface area contributed by atoms with Crippen molar-refractivity contribution >= 4 is 23.7 Å². The molecular formula is C16H14ClFN2O2. The Morgan fingerprint density at radius 3 is 2.73 bits per heavy atom. The first-order valence-corrected chi connectivity index (χ1v) is 6.89. The van der Waals surface area contributed by atoms with Crippen molar-refractivity contribution in [2.24, 2.45) is 5.10 Å². The van der Waals surface area contributed by atoms with Crippen LogP contribution >= 0.6 is 11.6 Å². The van der Waals surface area contributed by atoms with Gasteiger partial charge in [0.05, 0.1) is 11.2 Å². The van der Waals surface area contributed by atoms with E-state index in [1.165, 1.54) is 18.2 Å². The summed E-state index contributed by atoms with van der Waals surface area (Å²) in [5, 5.41) is 3.88. The summed E-state index contributed by atoms with van der Waals surface area (Å²) in [4.78, 5) is 11.6. The van der Waals surface area contributed by atoms with Crippen molar-refractivity contribution in [1.82, 2.24) is 5.43 Å². The molecule has 0 atom stereocenters. The first-order valence-electron chi connectivity index (χ1n) is 6.51. The lowest BCUT2D eigenvalue weighted by Crippen LogP contribution is -2.24. The van der Waals surface area contributed by atoms with Crippen LogP contribution in [0.5, 0.6) is 5.75 Å². The monoisotopic (exact) mass is 320 g/mol. The third-order valence-electron chi connectivity index (χ3n) is 2.77. The maximum absolute atomic E-state index is 13.5. The molecule has 0 unspecified atom stereocenters. The quantitative estimate of drug-likeness (QED) is 0.678. The van der Waals surface area contributed by atoms with Crippen LogP contribution in [0.15, 0.2) is 47.6 Å². The van der Waals surface area contributed by atoms with Crippen molar-refractivity contribution in [3.63, 3.8) is 0 Å². The number of halogens is 2. The molecule has 0 spiro atoms. The number of nitrogens with one attached hydrogen (secondary N) is 1. The highest BCUT2D eigenvalue weighted by molar-refractivity contribution is 6.33. The number of carbonyl (C=O) groups excluding carboxylic acids is 1. The number of benzene rings is 2. The molecule has 114 valence electrons. The van der Waals surface area contributed by atoms with Crippen molar-refractivity contribution in [3.8, 4) is 5.75 Å². The topological polar surface area (TPSA) is 50.7 Å². The van der Waals surface area contributed by atoms with Crippen molar-refractivity contribution in [3.05, 3.63) is 64.4 Å². The molecule has 6 heteroatoms. The molecule has 1 N–H and O–H groups in total. The Balaban J connectivity index is 1.85. The van der Waals surface area contributed by atoms with Gasteiger partial charge >= 0.3 is 0 Å². The van der Waals surface area contributed by atoms with Crippen LogP contribution in [0.2, 0.25) is 5.02 Å². The summed E-state index contributed by atoms with van der Waals surface area (Å²) in [5.74, 6) is -0.382. The Morgan fingerprint density at radius 1 is 1.32 bits per heavy atom. The number of rotatable bonds is 5. The van der Waals surface area contributed by atoms with Crippen LogP contribution < -0.4 is 10.2 Å². The third kappa shape index (κ3) is 4.56. The molecule has 2 rings (SSSR count). The smallest absolute Gasteiger partial charge is 0.277 e. The SMILES string of the molecule is Cc1ccc(OCC(=O)NN=Cc2c(F)cccc2Cl)cc1. The lowest BCUT2D eigenvalue weighted by molar-refractivity contribution is -0.123. The molecule has 22 heavy (non-hydrogen) atoms. The Kier molecular flexibility index (Phi) is 5.49. The number of hydrogen-bond acceptors (Lipinski definition) is 3.